The average molecular weight is 417 g/mol. The molecule has 1 unspecified atom stereocenters. The van der Waals surface area contributed by atoms with E-state index in [1.165, 1.54) is 0 Å². The van der Waals surface area contributed by atoms with Gasteiger partial charge in [-0.3, -0.25) is 9.59 Å². The van der Waals surface area contributed by atoms with Crippen molar-refractivity contribution < 1.29 is 9.59 Å². The predicted octanol–water partition coefficient (Wildman–Crippen LogP) is 2.29. The van der Waals surface area contributed by atoms with Gasteiger partial charge in [0.1, 0.15) is 5.82 Å². The molecule has 30 heavy (non-hydrogen) atoms. The molecule has 8 nitrogen and oxygen atoms in total. The van der Waals surface area contributed by atoms with Crippen molar-refractivity contribution in [3.8, 4) is 0 Å². The maximum absolute atomic E-state index is 12.8. The molecule has 2 aliphatic rings. The summed E-state index contributed by atoms with van der Waals surface area (Å²) in [7, 11) is 0. The van der Waals surface area contributed by atoms with E-state index >= 15 is 0 Å². The topological polar surface area (TPSA) is 81.7 Å². The molecule has 1 aromatic heterocycles. The molecule has 0 aromatic carbocycles. The number of amides is 2. The van der Waals surface area contributed by atoms with E-state index in [-0.39, 0.29) is 17.7 Å². The largest absolute Gasteiger partial charge is 0.370 e. The van der Waals surface area contributed by atoms with Crippen LogP contribution in [-0.2, 0) is 9.59 Å². The van der Waals surface area contributed by atoms with Gasteiger partial charge in [0.15, 0.2) is 0 Å². The van der Waals surface area contributed by atoms with E-state index in [4.69, 9.17) is 4.98 Å². The normalized spacial score (nSPS) is 19.3. The fraction of sp³-hybridized carbons (Fsp3) is 0.727. The van der Waals surface area contributed by atoms with Crippen molar-refractivity contribution in [2.24, 2.45) is 5.92 Å². The van der Waals surface area contributed by atoms with Crippen molar-refractivity contribution in [2.45, 2.75) is 52.9 Å². The van der Waals surface area contributed by atoms with Gasteiger partial charge in [-0.05, 0) is 46.5 Å². The fourth-order valence-corrected chi connectivity index (χ4v) is 4.37. The van der Waals surface area contributed by atoms with E-state index in [9.17, 15) is 9.59 Å². The van der Waals surface area contributed by atoms with Crippen molar-refractivity contribution in [1.29, 1.82) is 0 Å². The average Bonchev–Trinajstić information content (AvgIpc) is 3.16. The molecule has 0 bridgehead atoms. The second kappa shape index (κ2) is 10.6. The van der Waals surface area contributed by atoms with Gasteiger partial charge in [0.25, 0.3) is 0 Å². The van der Waals surface area contributed by atoms with Gasteiger partial charge in [0.05, 0.1) is 5.92 Å². The molecule has 2 aliphatic heterocycles. The summed E-state index contributed by atoms with van der Waals surface area (Å²) < 4.78 is 0. The molecular weight excluding hydrogens is 380 g/mol. The van der Waals surface area contributed by atoms with E-state index in [1.54, 1.807) is 0 Å². The second-order valence-corrected chi connectivity index (χ2v) is 8.25. The minimum absolute atomic E-state index is 0.0113. The minimum Gasteiger partial charge on any atom is -0.370 e. The molecule has 0 aliphatic carbocycles. The first-order valence-electron chi connectivity index (χ1n) is 11.4. The molecule has 3 rings (SSSR count). The maximum atomic E-state index is 12.8. The van der Waals surface area contributed by atoms with Crippen LogP contribution in [0, 0.1) is 12.8 Å². The zero-order chi connectivity index (χ0) is 21.5. The molecule has 0 spiro atoms. The Labute approximate surface area is 180 Å². The van der Waals surface area contributed by atoms with Gasteiger partial charge >= 0.3 is 0 Å². The highest BCUT2D eigenvalue weighted by Gasteiger charge is 2.29. The summed E-state index contributed by atoms with van der Waals surface area (Å²) >= 11 is 0. The number of aryl methyl sites for hydroxylation is 1. The van der Waals surface area contributed by atoms with Crippen LogP contribution in [0.3, 0.4) is 0 Å². The Balaban J connectivity index is 1.57. The Morgan fingerprint density at radius 1 is 1.23 bits per heavy atom. The number of piperidine rings is 1. The van der Waals surface area contributed by atoms with Crippen LogP contribution in [0.5, 0.6) is 0 Å². The third-order valence-corrected chi connectivity index (χ3v) is 6.05. The smallest absolute Gasteiger partial charge is 0.227 e. The fourth-order valence-electron chi connectivity index (χ4n) is 4.37. The third kappa shape index (κ3) is 5.61. The van der Waals surface area contributed by atoms with Crippen LogP contribution in [0.15, 0.2) is 6.07 Å². The lowest BCUT2D eigenvalue weighted by atomic mass is 9.96. The van der Waals surface area contributed by atoms with Crippen molar-refractivity contribution >= 4 is 23.6 Å². The molecule has 1 aromatic rings. The van der Waals surface area contributed by atoms with Crippen LogP contribution in [0.2, 0.25) is 0 Å². The van der Waals surface area contributed by atoms with Crippen LogP contribution in [0.1, 0.15) is 51.6 Å². The van der Waals surface area contributed by atoms with E-state index < -0.39 is 0 Å². The number of aromatic nitrogens is 2. The molecule has 8 heteroatoms. The van der Waals surface area contributed by atoms with Gasteiger partial charge in [-0.15, -0.1) is 0 Å². The van der Waals surface area contributed by atoms with E-state index in [0.29, 0.717) is 18.9 Å². The predicted molar refractivity (Wildman–Crippen MR) is 119 cm³/mol. The Morgan fingerprint density at radius 2 is 2.03 bits per heavy atom. The SMILES string of the molecule is CCN(CC)C(=O)C1CCCN(c2nc(C)cc(NCCCN3CCCC3=O)n2)C1. The summed E-state index contributed by atoms with van der Waals surface area (Å²) in [4.78, 5) is 39.9. The molecule has 2 fully saturated rings. The van der Waals surface area contributed by atoms with Crippen molar-refractivity contribution in [3.63, 3.8) is 0 Å². The first-order chi connectivity index (χ1) is 14.5. The number of likely N-dealkylation sites (tertiary alicyclic amines) is 1. The lowest BCUT2D eigenvalue weighted by molar-refractivity contribution is -0.135. The number of rotatable bonds is 9. The van der Waals surface area contributed by atoms with Gasteiger partial charge < -0.3 is 20.0 Å². The quantitative estimate of drug-likeness (QED) is 0.622. The Morgan fingerprint density at radius 3 is 2.73 bits per heavy atom. The summed E-state index contributed by atoms with van der Waals surface area (Å²) in [6, 6.07) is 1.95. The highest BCUT2D eigenvalue weighted by Crippen LogP contribution is 2.23. The van der Waals surface area contributed by atoms with E-state index in [0.717, 1.165) is 76.5 Å². The molecule has 1 atom stereocenters. The summed E-state index contributed by atoms with van der Waals surface area (Å²) in [6.45, 7) is 11.5. The second-order valence-electron chi connectivity index (χ2n) is 8.25. The highest BCUT2D eigenvalue weighted by molar-refractivity contribution is 5.79. The number of anilines is 2. The Bertz CT molecular complexity index is 736. The molecule has 3 heterocycles. The highest BCUT2D eigenvalue weighted by atomic mass is 16.2. The molecular formula is C22H36N6O2. The van der Waals surface area contributed by atoms with Crippen molar-refractivity contribution in [2.75, 3.05) is 56.0 Å². The summed E-state index contributed by atoms with van der Waals surface area (Å²) in [5.74, 6) is 2.03. The summed E-state index contributed by atoms with van der Waals surface area (Å²) in [5, 5.41) is 3.38. The van der Waals surface area contributed by atoms with Crippen LogP contribution in [0.4, 0.5) is 11.8 Å². The van der Waals surface area contributed by atoms with Gasteiger partial charge in [-0.2, -0.15) is 4.98 Å². The maximum Gasteiger partial charge on any atom is 0.227 e. The molecule has 2 amide bonds. The number of carbonyl (C=O) groups is 2. The number of nitrogens with one attached hydrogen (secondary N) is 1. The third-order valence-electron chi connectivity index (χ3n) is 6.05. The summed E-state index contributed by atoms with van der Waals surface area (Å²) in [5.41, 5.74) is 0.911. The lowest BCUT2D eigenvalue weighted by Gasteiger charge is -2.34. The number of hydrogen-bond acceptors (Lipinski definition) is 6. The minimum atomic E-state index is 0.0113. The van der Waals surface area contributed by atoms with Gasteiger partial charge in [-0.1, -0.05) is 0 Å². The monoisotopic (exact) mass is 416 g/mol. The van der Waals surface area contributed by atoms with Crippen molar-refractivity contribution in [1.82, 2.24) is 19.8 Å². The molecule has 166 valence electrons. The molecule has 1 N–H and O–H groups in total. The molecule has 0 radical (unpaired) electrons. The van der Waals surface area contributed by atoms with E-state index in [1.807, 2.05) is 36.6 Å². The first-order valence-corrected chi connectivity index (χ1v) is 11.4. The standard InChI is InChI=1S/C22H36N6O2/c1-4-26(5-2)21(30)18-9-6-13-28(16-18)22-24-17(3)15-19(25-22)23-11-8-14-27-12-7-10-20(27)29/h15,18H,4-14,16H2,1-3H3,(H,23,24,25). The number of hydrogen-bond donors (Lipinski definition) is 1. The van der Waals surface area contributed by atoms with Crippen LogP contribution in [0.25, 0.3) is 0 Å². The lowest BCUT2D eigenvalue weighted by Crippen LogP contribution is -2.45. The van der Waals surface area contributed by atoms with Gasteiger partial charge in [0, 0.05) is 64.0 Å². The van der Waals surface area contributed by atoms with Crippen LogP contribution in [-0.4, -0.2) is 77.4 Å². The van der Waals surface area contributed by atoms with Gasteiger partial charge in [0.2, 0.25) is 17.8 Å². The van der Waals surface area contributed by atoms with Gasteiger partial charge in [-0.25, -0.2) is 4.98 Å². The summed E-state index contributed by atoms with van der Waals surface area (Å²) in [6.07, 6.45) is 4.47. The molecule has 0 saturated carbocycles. The Hall–Kier alpha value is -2.38. The number of nitrogens with zero attached hydrogens (tertiary/aromatic N) is 5. The zero-order valence-corrected chi connectivity index (χ0v) is 18.7. The Kier molecular flexibility index (Phi) is 7.87. The zero-order valence-electron chi connectivity index (χ0n) is 18.7. The molecule has 2 saturated heterocycles. The van der Waals surface area contributed by atoms with E-state index in [2.05, 4.69) is 15.2 Å². The van der Waals surface area contributed by atoms with Crippen molar-refractivity contribution in [3.05, 3.63) is 11.8 Å². The number of carbonyl (C=O) groups excluding carboxylic acids is 2. The van der Waals surface area contributed by atoms with Crippen LogP contribution < -0.4 is 10.2 Å². The van der Waals surface area contributed by atoms with Crippen LogP contribution >= 0.6 is 0 Å². The first kappa shape index (κ1) is 22.3.